The van der Waals surface area contributed by atoms with E-state index in [1.807, 2.05) is 12.1 Å². The standard InChI is InChI=1S/C17H15BrF2O/c1-21-13-8-14(19)16(15(20)9-13)17(18)12-6-10-4-2-3-5-11(10)7-12/h2-5,8-9,12,17H,6-7H2,1H3. The number of hydrogen-bond donors (Lipinski definition) is 0. The lowest BCUT2D eigenvalue weighted by Gasteiger charge is -2.19. The summed E-state index contributed by atoms with van der Waals surface area (Å²) in [7, 11) is 1.40. The number of methoxy groups -OCH3 is 1. The van der Waals surface area contributed by atoms with Crippen LogP contribution in [0.5, 0.6) is 5.75 Å². The Kier molecular flexibility index (Phi) is 3.98. The van der Waals surface area contributed by atoms with Gasteiger partial charge in [0, 0.05) is 22.5 Å². The molecule has 0 saturated carbocycles. The van der Waals surface area contributed by atoms with Gasteiger partial charge in [-0.1, -0.05) is 40.2 Å². The van der Waals surface area contributed by atoms with Crippen LogP contribution in [0.4, 0.5) is 8.78 Å². The molecule has 0 heterocycles. The fraction of sp³-hybridized carbons (Fsp3) is 0.294. The molecule has 2 aromatic carbocycles. The summed E-state index contributed by atoms with van der Waals surface area (Å²) in [5, 5.41) is 0. The number of halogens is 3. The summed E-state index contributed by atoms with van der Waals surface area (Å²) in [4.78, 5) is -0.351. The maximum atomic E-state index is 14.2. The average Bonchev–Trinajstić information content (AvgIpc) is 2.90. The molecule has 0 aromatic heterocycles. The normalized spacial score (nSPS) is 15.8. The highest BCUT2D eigenvalue weighted by molar-refractivity contribution is 9.09. The molecule has 0 bridgehead atoms. The van der Waals surface area contributed by atoms with Gasteiger partial charge in [-0.25, -0.2) is 8.78 Å². The lowest BCUT2D eigenvalue weighted by Crippen LogP contribution is -2.11. The Bertz CT molecular complexity index is 624. The van der Waals surface area contributed by atoms with Crippen molar-refractivity contribution in [3.63, 3.8) is 0 Å². The van der Waals surface area contributed by atoms with Gasteiger partial charge in [0.05, 0.1) is 7.11 Å². The van der Waals surface area contributed by atoms with Gasteiger partial charge in [-0.2, -0.15) is 0 Å². The fourth-order valence-corrected chi connectivity index (χ4v) is 3.79. The molecular weight excluding hydrogens is 338 g/mol. The Morgan fingerprint density at radius 3 is 2.10 bits per heavy atom. The molecule has 0 fully saturated rings. The number of rotatable bonds is 3. The lowest BCUT2D eigenvalue weighted by atomic mass is 9.95. The lowest BCUT2D eigenvalue weighted by molar-refractivity contribution is 0.403. The second kappa shape index (κ2) is 5.76. The maximum absolute atomic E-state index is 14.2. The molecule has 0 spiro atoms. The first-order valence-corrected chi connectivity index (χ1v) is 7.75. The molecule has 1 unspecified atom stereocenters. The molecular formula is C17H15BrF2O. The molecule has 0 saturated heterocycles. The highest BCUT2D eigenvalue weighted by atomic mass is 79.9. The smallest absolute Gasteiger partial charge is 0.134 e. The first-order chi connectivity index (χ1) is 10.1. The van der Waals surface area contributed by atoms with Gasteiger partial charge in [-0.3, -0.25) is 0 Å². The summed E-state index contributed by atoms with van der Waals surface area (Å²) in [5.74, 6) is -0.780. The number of alkyl halides is 1. The van der Waals surface area contributed by atoms with Gasteiger partial charge >= 0.3 is 0 Å². The van der Waals surface area contributed by atoms with E-state index in [0.717, 1.165) is 12.8 Å². The van der Waals surface area contributed by atoms with Crippen LogP contribution in [0, 0.1) is 17.6 Å². The average molecular weight is 353 g/mol. The number of hydrogen-bond acceptors (Lipinski definition) is 1. The van der Waals surface area contributed by atoms with Crippen LogP contribution in [-0.2, 0) is 12.8 Å². The van der Waals surface area contributed by atoms with Crippen LogP contribution in [0.3, 0.4) is 0 Å². The molecule has 21 heavy (non-hydrogen) atoms. The SMILES string of the molecule is COc1cc(F)c(C(Br)C2Cc3ccccc3C2)c(F)c1. The van der Waals surface area contributed by atoms with Crippen molar-refractivity contribution in [1.82, 2.24) is 0 Å². The van der Waals surface area contributed by atoms with Crippen LogP contribution in [0.2, 0.25) is 0 Å². The van der Waals surface area contributed by atoms with E-state index in [1.165, 1.54) is 30.4 Å². The van der Waals surface area contributed by atoms with Crippen LogP contribution < -0.4 is 4.74 Å². The van der Waals surface area contributed by atoms with Crippen molar-refractivity contribution < 1.29 is 13.5 Å². The van der Waals surface area contributed by atoms with Crippen molar-refractivity contribution in [3.8, 4) is 5.75 Å². The third-order valence-corrected chi connectivity index (χ3v) is 5.27. The van der Waals surface area contributed by atoms with Crippen molar-refractivity contribution in [2.24, 2.45) is 5.92 Å². The van der Waals surface area contributed by atoms with E-state index in [0.29, 0.717) is 0 Å². The summed E-state index contributed by atoms with van der Waals surface area (Å²) in [6.45, 7) is 0. The Balaban J connectivity index is 1.89. The fourth-order valence-electron chi connectivity index (χ4n) is 2.98. The van der Waals surface area contributed by atoms with Gasteiger partial charge in [0.2, 0.25) is 0 Å². The molecule has 0 amide bonds. The topological polar surface area (TPSA) is 9.23 Å². The van der Waals surface area contributed by atoms with E-state index >= 15 is 0 Å². The molecule has 1 aliphatic rings. The third-order valence-electron chi connectivity index (χ3n) is 4.06. The first kappa shape index (κ1) is 14.5. The molecule has 1 aliphatic carbocycles. The highest BCUT2D eigenvalue weighted by Crippen LogP contribution is 2.42. The van der Waals surface area contributed by atoms with Gasteiger partial charge in [0.15, 0.2) is 0 Å². The second-order valence-electron chi connectivity index (χ2n) is 5.34. The maximum Gasteiger partial charge on any atom is 0.134 e. The monoisotopic (exact) mass is 352 g/mol. The van der Waals surface area contributed by atoms with Crippen molar-refractivity contribution >= 4 is 15.9 Å². The molecule has 0 radical (unpaired) electrons. The predicted molar refractivity (Wildman–Crippen MR) is 81.9 cm³/mol. The summed E-state index contributed by atoms with van der Waals surface area (Å²) >= 11 is 3.50. The zero-order valence-electron chi connectivity index (χ0n) is 11.6. The minimum Gasteiger partial charge on any atom is -0.497 e. The van der Waals surface area contributed by atoms with E-state index in [-0.39, 0.29) is 22.1 Å². The molecule has 0 N–H and O–H groups in total. The molecule has 2 aromatic rings. The van der Waals surface area contributed by atoms with Crippen molar-refractivity contribution in [2.45, 2.75) is 17.7 Å². The van der Waals surface area contributed by atoms with Crippen LogP contribution in [0.15, 0.2) is 36.4 Å². The Labute approximate surface area is 131 Å². The van der Waals surface area contributed by atoms with E-state index in [2.05, 4.69) is 28.1 Å². The summed E-state index contributed by atoms with van der Waals surface area (Å²) in [6.07, 6.45) is 1.66. The number of ether oxygens (including phenoxy) is 1. The van der Waals surface area contributed by atoms with E-state index in [4.69, 9.17) is 4.74 Å². The van der Waals surface area contributed by atoms with Crippen LogP contribution in [0.1, 0.15) is 21.5 Å². The van der Waals surface area contributed by atoms with E-state index in [1.54, 1.807) is 0 Å². The van der Waals surface area contributed by atoms with Crippen LogP contribution in [0.25, 0.3) is 0 Å². The summed E-state index contributed by atoms with van der Waals surface area (Å²) < 4.78 is 33.3. The molecule has 4 heteroatoms. The van der Waals surface area contributed by atoms with Crippen LogP contribution >= 0.6 is 15.9 Å². The van der Waals surface area contributed by atoms with Crippen molar-refractivity contribution in [1.29, 1.82) is 0 Å². The zero-order chi connectivity index (χ0) is 15.0. The van der Waals surface area contributed by atoms with Gasteiger partial charge in [-0.05, 0) is 29.9 Å². The van der Waals surface area contributed by atoms with Gasteiger partial charge in [0.1, 0.15) is 17.4 Å². The van der Waals surface area contributed by atoms with Crippen molar-refractivity contribution in [2.75, 3.05) is 7.11 Å². The molecule has 3 rings (SSSR count). The summed E-state index contributed by atoms with van der Waals surface area (Å²) in [6, 6.07) is 10.6. The summed E-state index contributed by atoms with van der Waals surface area (Å²) in [5.41, 5.74) is 2.62. The molecule has 1 nitrogen and oxygen atoms in total. The van der Waals surface area contributed by atoms with E-state index < -0.39 is 11.6 Å². The highest BCUT2D eigenvalue weighted by Gasteiger charge is 2.31. The first-order valence-electron chi connectivity index (χ1n) is 6.84. The van der Waals surface area contributed by atoms with E-state index in [9.17, 15) is 8.78 Å². The largest absolute Gasteiger partial charge is 0.497 e. The molecule has 110 valence electrons. The number of benzene rings is 2. The van der Waals surface area contributed by atoms with Crippen molar-refractivity contribution in [3.05, 3.63) is 64.7 Å². The minimum absolute atomic E-state index is 0.0913. The zero-order valence-corrected chi connectivity index (χ0v) is 13.2. The Hall–Kier alpha value is -1.42. The van der Waals surface area contributed by atoms with Gasteiger partial charge in [0.25, 0.3) is 0 Å². The predicted octanol–water partition coefficient (Wildman–Crippen LogP) is 4.82. The molecule has 0 aliphatic heterocycles. The second-order valence-corrected chi connectivity index (χ2v) is 6.33. The van der Waals surface area contributed by atoms with Gasteiger partial charge in [-0.15, -0.1) is 0 Å². The molecule has 1 atom stereocenters. The van der Waals surface area contributed by atoms with Crippen LogP contribution in [-0.4, -0.2) is 7.11 Å². The Morgan fingerprint density at radius 1 is 1.10 bits per heavy atom. The minimum atomic E-state index is -0.565. The Morgan fingerprint density at radius 2 is 1.62 bits per heavy atom. The third kappa shape index (κ3) is 2.69. The van der Waals surface area contributed by atoms with Gasteiger partial charge < -0.3 is 4.74 Å². The number of fused-ring (bicyclic) bond motifs is 1. The quantitative estimate of drug-likeness (QED) is 0.719.